The highest BCUT2D eigenvalue weighted by atomic mass is 16.1. The van der Waals surface area contributed by atoms with Crippen molar-refractivity contribution in [1.82, 2.24) is 10.3 Å². The Morgan fingerprint density at radius 1 is 1.38 bits per heavy atom. The Morgan fingerprint density at radius 2 is 2.19 bits per heavy atom. The van der Waals surface area contributed by atoms with E-state index in [1.807, 2.05) is 30.3 Å². The summed E-state index contributed by atoms with van der Waals surface area (Å²) in [5.74, 6) is -0.135. The molecule has 0 saturated heterocycles. The highest BCUT2D eigenvalue weighted by Gasteiger charge is 2.05. The summed E-state index contributed by atoms with van der Waals surface area (Å²) >= 11 is 0. The summed E-state index contributed by atoms with van der Waals surface area (Å²) in [7, 11) is 0. The van der Waals surface area contributed by atoms with Crippen molar-refractivity contribution in [3.05, 3.63) is 42.1 Å². The van der Waals surface area contributed by atoms with E-state index in [0.717, 1.165) is 10.9 Å². The number of pyridine rings is 1. The van der Waals surface area contributed by atoms with Crippen molar-refractivity contribution in [3.8, 4) is 0 Å². The molecule has 0 radical (unpaired) electrons. The van der Waals surface area contributed by atoms with Gasteiger partial charge in [-0.05, 0) is 12.1 Å². The number of carbonyl (C=O) groups is 1. The largest absolute Gasteiger partial charge is 0.351 e. The number of carbonyl (C=O) groups excluding carboxylic acids is 1. The van der Waals surface area contributed by atoms with E-state index in [9.17, 15) is 4.79 Å². The van der Waals surface area contributed by atoms with Crippen molar-refractivity contribution in [3.63, 3.8) is 0 Å². The number of para-hydroxylation sites is 1. The predicted octanol–water partition coefficient (Wildman–Crippen LogP) is 0.923. The summed E-state index contributed by atoms with van der Waals surface area (Å²) in [6, 6.07) is 9.52. The minimum absolute atomic E-state index is 0.135. The Morgan fingerprint density at radius 3 is 3.00 bits per heavy atom. The van der Waals surface area contributed by atoms with Gasteiger partial charge in [-0.1, -0.05) is 18.2 Å². The standard InChI is InChI=1S/C12H13N3O/c13-5-6-14-12(16)10-7-9-3-1-2-4-11(9)15-8-10/h1-4,7-8H,5-6,13H2,(H,14,16). The lowest BCUT2D eigenvalue weighted by Gasteiger charge is -2.04. The summed E-state index contributed by atoms with van der Waals surface area (Å²) in [6.07, 6.45) is 1.58. The number of benzene rings is 1. The fourth-order valence-corrected chi connectivity index (χ4v) is 1.48. The van der Waals surface area contributed by atoms with Crippen molar-refractivity contribution in [2.45, 2.75) is 0 Å². The highest BCUT2D eigenvalue weighted by Crippen LogP contribution is 2.12. The molecule has 2 aromatic rings. The second kappa shape index (κ2) is 4.72. The molecule has 3 N–H and O–H groups in total. The van der Waals surface area contributed by atoms with E-state index in [4.69, 9.17) is 5.73 Å². The van der Waals surface area contributed by atoms with E-state index in [1.54, 1.807) is 6.20 Å². The van der Waals surface area contributed by atoms with Gasteiger partial charge in [0, 0.05) is 24.7 Å². The molecule has 0 aliphatic carbocycles. The molecule has 0 saturated carbocycles. The third-order valence-electron chi connectivity index (χ3n) is 2.28. The molecule has 1 aromatic heterocycles. The maximum atomic E-state index is 11.6. The van der Waals surface area contributed by atoms with E-state index >= 15 is 0 Å². The molecular formula is C12H13N3O. The molecule has 16 heavy (non-hydrogen) atoms. The Balaban J connectivity index is 2.28. The zero-order valence-corrected chi connectivity index (χ0v) is 8.81. The SMILES string of the molecule is NCCNC(=O)c1cnc2ccccc2c1. The average molecular weight is 215 g/mol. The maximum absolute atomic E-state index is 11.6. The number of hydrogen-bond acceptors (Lipinski definition) is 3. The number of nitrogens with one attached hydrogen (secondary N) is 1. The van der Waals surface area contributed by atoms with E-state index in [1.165, 1.54) is 0 Å². The first kappa shape index (κ1) is 10.6. The number of aromatic nitrogens is 1. The molecular weight excluding hydrogens is 202 g/mol. The van der Waals surface area contributed by atoms with E-state index in [0.29, 0.717) is 18.7 Å². The summed E-state index contributed by atoms with van der Waals surface area (Å²) in [6.45, 7) is 0.915. The first-order valence-electron chi connectivity index (χ1n) is 5.14. The van der Waals surface area contributed by atoms with Crippen molar-refractivity contribution in [2.24, 2.45) is 5.73 Å². The monoisotopic (exact) mass is 215 g/mol. The third kappa shape index (κ3) is 2.17. The van der Waals surface area contributed by atoms with Crippen LogP contribution >= 0.6 is 0 Å². The first-order chi connectivity index (χ1) is 7.81. The van der Waals surface area contributed by atoms with Crippen LogP contribution < -0.4 is 11.1 Å². The minimum Gasteiger partial charge on any atom is -0.351 e. The van der Waals surface area contributed by atoms with Crippen LogP contribution in [0.5, 0.6) is 0 Å². The van der Waals surface area contributed by atoms with Crippen molar-refractivity contribution >= 4 is 16.8 Å². The molecule has 1 amide bonds. The van der Waals surface area contributed by atoms with Crippen LogP contribution in [0.1, 0.15) is 10.4 Å². The molecule has 1 aromatic carbocycles. The molecule has 4 nitrogen and oxygen atoms in total. The Kier molecular flexibility index (Phi) is 3.12. The lowest BCUT2D eigenvalue weighted by atomic mass is 10.1. The molecule has 0 unspecified atom stereocenters. The fourth-order valence-electron chi connectivity index (χ4n) is 1.48. The number of hydrogen-bond donors (Lipinski definition) is 2. The van der Waals surface area contributed by atoms with Crippen molar-refractivity contribution < 1.29 is 4.79 Å². The first-order valence-corrected chi connectivity index (χ1v) is 5.14. The van der Waals surface area contributed by atoms with Gasteiger partial charge in [0.2, 0.25) is 0 Å². The molecule has 4 heteroatoms. The summed E-state index contributed by atoms with van der Waals surface area (Å²) in [5, 5.41) is 3.67. The minimum atomic E-state index is -0.135. The van der Waals surface area contributed by atoms with E-state index < -0.39 is 0 Å². The third-order valence-corrected chi connectivity index (χ3v) is 2.28. The molecule has 0 atom stereocenters. The lowest BCUT2D eigenvalue weighted by Crippen LogP contribution is -2.29. The number of amides is 1. The predicted molar refractivity (Wildman–Crippen MR) is 63.1 cm³/mol. The van der Waals surface area contributed by atoms with Gasteiger partial charge in [0.05, 0.1) is 11.1 Å². The molecule has 82 valence electrons. The van der Waals surface area contributed by atoms with Gasteiger partial charge >= 0.3 is 0 Å². The van der Waals surface area contributed by atoms with Gasteiger partial charge in [0.15, 0.2) is 0 Å². The molecule has 0 fully saturated rings. The zero-order valence-electron chi connectivity index (χ0n) is 8.81. The molecule has 0 aliphatic heterocycles. The van der Waals surface area contributed by atoms with Gasteiger partial charge in [0.1, 0.15) is 0 Å². The normalized spacial score (nSPS) is 10.3. The fraction of sp³-hybridized carbons (Fsp3) is 0.167. The molecule has 1 heterocycles. The summed E-state index contributed by atoms with van der Waals surface area (Å²) in [5.41, 5.74) is 6.76. The Bertz CT molecular complexity index is 510. The number of nitrogens with zero attached hydrogens (tertiary/aromatic N) is 1. The second-order valence-electron chi connectivity index (χ2n) is 3.46. The van der Waals surface area contributed by atoms with Crippen LogP contribution in [-0.2, 0) is 0 Å². The van der Waals surface area contributed by atoms with Crippen LogP contribution in [-0.4, -0.2) is 24.0 Å². The van der Waals surface area contributed by atoms with Crippen LogP contribution in [0.25, 0.3) is 10.9 Å². The van der Waals surface area contributed by atoms with E-state index in [2.05, 4.69) is 10.3 Å². The number of rotatable bonds is 3. The van der Waals surface area contributed by atoms with Gasteiger partial charge < -0.3 is 11.1 Å². The number of fused-ring (bicyclic) bond motifs is 1. The number of nitrogens with two attached hydrogens (primary N) is 1. The van der Waals surface area contributed by atoms with Crippen LogP contribution in [0.15, 0.2) is 36.5 Å². The smallest absolute Gasteiger partial charge is 0.252 e. The van der Waals surface area contributed by atoms with Crippen LogP contribution in [0, 0.1) is 0 Å². The Hall–Kier alpha value is -1.94. The quantitative estimate of drug-likeness (QED) is 0.800. The summed E-state index contributed by atoms with van der Waals surface area (Å²) in [4.78, 5) is 15.9. The van der Waals surface area contributed by atoms with Crippen LogP contribution in [0.3, 0.4) is 0 Å². The second-order valence-corrected chi connectivity index (χ2v) is 3.46. The van der Waals surface area contributed by atoms with Crippen LogP contribution in [0.2, 0.25) is 0 Å². The van der Waals surface area contributed by atoms with Gasteiger partial charge in [-0.3, -0.25) is 9.78 Å². The molecule has 0 spiro atoms. The molecule has 0 aliphatic rings. The lowest BCUT2D eigenvalue weighted by molar-refractivity contribution is 0.0954. The maximum Gasteiger partial charge on any atom is 0.252 e. The van der Waals surface area contributed by atoms with Crippen molar-refractivity contribution in [2.75, 3.05) is 13.1 Å². The topological polar surface area (TPSA) is 68.0 Å². The van der Waals surface area contributed by atoms with Gasteiger partial charge in [0.25, 0.3) is 5.91 Å². The van der Waals surface area contributed by atoms with Gasteiger partial charge in [-0.25, -0.2) is 0 Å². The summed E-state index contributed by atoms with van der Waals surface area (Å²) < 4.78 is 0. The average Bonchev–Trinajstić information content (AvgIpc) is 2.35. The van der Waals surface area contributed by atoms with Crippen LogP contribution in [0.4, 0.5) is 0 Å². The van der Waals surface area contributed by atoms with Gasteiger partial charge in [-0.2, -0.15) is 0 Å². The highest BCUT2D eigenvalue weighted by molar-refractivity contribution is 5.97. The zero-order chi connectivity index (χ0) is 11.4. The van der Waals surface area contributed by atoms with Gasteiger partial charge in [-0.15, -0.1) is 0 Å². The Labute approximate surface area is 93.5 Å². The van der Waals surface area contributed by atoms with Crippen molar-refractivity contribution in [1.29, 1.82) is 0 Å². The van der Waals surface area contributed by atoms with E-state index in [-0.39, 0.29) is 5.91 Å². The molecule has 2 rings (SSSR count). The molecule has 0 bridgehead atoms.